The molecule has 4 saturated heterocycles. The summed E-state index contributed by atoms with van der Waals surface area (Å²) in [6.07, 6.45) is -38.9. The van der Waals surface area contributed by atoms with Gasteiger partial charge in [0.2, 0.25) is 0 Å². The minimum absolute atomic E-state index is 0. The highest BCUT2D eigenvalue weighted by Gasteiger charge is 2.62. The van der Waals surface area contributed by atoms with E-state index in [1.165, 1.54) is 50.0 Å². The minimum Gasteiger partial charge on any atom is -0.497 e. The molecule has 1 atom stereocenters. The molecule has 81 heavy (non-hydrogen) atoms. The first-order valence-corrected chi connectivity index (χ1v) is 25.9. The molecule has 27 heteroatoms. The third kappa shape index (κ3) is 19.8. The summed E-state index contributed by atoms with van der Waals surface area (Å²) in [5.74, 6) is 0.931. The maximum Gasteiger partial charge on any atom is 0.509 e. The van der Waals surface area contributed by atoms with Gasteiger partial charge in [-0.1, -0.05) is 67.0 Å². The summed E-state index contributed by atoms with van der Waals surface area (Å²) >= 11 is 12.0. The van der Waals surface area contributed by atoms with E-state index in [2.05, 4.69) is 93.0 Å². The van der Waals surface area contributed by atoms with Crippen LogP contribution in [0.4, 0.5) is 75.4 Å². The van der Waals surface area contributed by atoms with Gasteiger partial charge in [0.1, 0.15) is 5.75 Å². The van der Waals surface area contributed by atoms with Gasteiger partial charge in [-0.25, -0.2) is 9.59 Å². The molecule has 3 aromatic rings. The van der Waals surface area contributed by atoms with E-state index >= 15 is 0 Å². The first kappa shape index (κ1) is 68.9. The number of halogens is 17. The van der Waals surface area contributed by atoms with Crippen LogP contribution in [0.3, 0.4) is 0 Å². The molecule has 458 valence electrons. The van der Waals surface area contributed by atoms with Crippen molar-refractivity contribution in [1.82, 2.24) is 19.6 Å². The van der Waals surface area contributed by atoms with Crippen LogP contribution in [0.25, 0.3) is 0 Å². The molecule has 3 aromatic carbocycles. The maximum atomic E-state index is 12.7. The monoisotopic (exact) mass is 1220 g/mol. The van der Waals surface area contributed by atoms with Crippen LogP contribution in [0, 0.1) is 10.8 Å². The van der Waals surface area contributed by atoms with Gasteiger partial charge in [-0.15, -0.1) is 0 Å². The normalized spacial score (nSPS) is 19.7. The fourth-order valence-corrected chi connectivity index (χ4v) is 11.0. The lowest BCUT2D eigenvalue weighted by Crippen LogP contribution is -2.50. The zero-order valence-corrected chi connectivity index (χ0v) is 45.9. The van der Waals surface area contributed by atoms with Crippen molar-refractivity contribution in [3.05, 3.63) is 99.5 Å². The second-order valence-corrected chi connectivity index (χ2v) is 22.9. The Balaban J connectivity index is 0.000000269. The zero-order chi connectivity index (χ0) is 60.1. The number of hydrogen-bond acceptors (Lipinski definition) is 9. The topological polar surface area (TPSA) is 84.0 Å². The molecule has 4 aliphatic rings. The van der Waals surface area contributed by atoms with E-state index in [0.29, 0.717) is 29.8 Å². The average molecular weight is 1220 g/mol. The number of carbonyl (C=O) groups is 2. The molecule has 4 heterocycles. The summed E-state index contributed by atoms with van der Waals surface area (Å²) in [6.45, 7) is 16.4. The lowest BCUT2D eigenvalue weighted by Gasteiger charge is -2.39. The number of nitrogens with zero attached hydrogens (tertiary/aromatic N) is 4. The van der Waals surface area contributed by atoms with Crippen molar-refractivity contribution in [2.75, 3.05) is 46.4 Å². The van der Waals surface area contributed by atoms with E-state index < -0.39 is 61.4 Å². The molecule has 1 unspecified atom stereocenters. The number of alkyl halides is 15. The first-order chi connectivity index (χ1) is 36.6. The largest absolute Gasteiger partial charge is 0.509 e. The van der Waals surface area contributed by atoms with Crippen LogP contribution in [0.5, 0.6) is 5.75 Å². The Hall–Kier alpha value is -4.59. The molecule has 4 aliphatic heterocycles. The molecule has 0 saturated carbocycles. The highest BCUT2D eigenvalue weighted by molar-refractivity contribution is 6.30. The number of rotatable bonds is 10. The fourth-order valence-electron chi connectivity index (χ4n) is 10.7. The zero-order valence-electron chi connectivity index (χ0n) is 44.4. The Morgan fingerprint density at radius 3 is 1.22 bits per heavy atom. The molecule has 2 spiro atoms. The average Bonchev–Trinajstić information content (AvgIpc) is 3.73. The number of hydrogen-bond donors (Lipinski definition) is 0. The third-order valence-electron chi connectivity index (χ3n) is 14.9. The smallest absolute Gasteiger partial charge is 0.497 e. The third-order valence-corrected chi connectivity index (χ3v) is 15.4. The number of methoxy groups -OCH3 is 1. The highest BCUT2D eigenvalue weighted by atomic mass is 35.5. The molecule has 0 aliphatic carbocycles. The predicted octanol–water partition coefficient (Wildman–Crippen LogP) is 15.9. The fraction of sp³-hybridized carbons (Fsp3) is 0.630. The van der Waals surface area contributed by atoms with E-state index in [1.54, 1.807) is 7.11 Å². The van der Waals surface area contributed by atoms with E-state index in [0.717, 1.165) is 47.3 Å². The Morgan fingerprint density at radius 1 is 0.519 bits per heavy atom. The van der Waals surface area contributed by atoms with Crippen LogP contribution in [0.15, 0.2) is 72.8 Å². The first-order valence-electron chi connectivity index (χ1n) is 25.2. The number of ether oxygens (including phenoxy) is 4. The van der Waals surface area contributed by atoms with Gasteiger partial charge in [-0.2, -0.15) is 65.9 Å². The van der Waals surface area contributed by atoms with Gasteiger partial charge >= 0.3 is 43.1 Å². The van der Waals surface area contributed by atoms with Crippen molar-refractivity contribution >= 4 is 35.5 Å². The van der Waals surface area contributed by atoms with Crippen LogP contribution in [0.2, 0.25) is 10.0 Å². The summed E-state index contributed by atoms with van der Waals surface area (Å²) in [4.78, 5) is 31.1. The molecule has 0 radical (unpaired) electrons. The minimum atomic E-state index is -6.03. The van der Waals surface area contributed by atoms with Gasteiger partial charge in [-0.3, -0.25) is 14.7 Å². The number of amides is 1. The summed E-state index contributed by atoms with van der Waals surface area (Å²) < 4.78 is 198. The molecule has 7 rings (SSSR count). The van der Waals surface area contributed by atoms with Gasteiger partial charge in [0.05, 0.1) is 7.11 Å². The Bertz CT molecular complexity index is 2450. The van der Waals surface area contributed by atoms with Gasteiger partial charge in [0.25, 0.3) is 12.2 Å². The second-order valence-electron chi connectivity index (χ2n) is 22.0. The van der Waals surface area contributed by atoms with Crippen molar-refractivity contribution in [2.24, 2.45) is 10.8 Å². The van der Waals surface area contributed by atoms with Crippen molar-refractivity contribution in [2.45, 2.75) is 160 Å². The predicted molar refractivity (Wildman–Crippen MR) is 272 cm³/mol. The molecular weight excluding hydrogens is 1160 g/mol. The Kier molecular flexibility index (Phi) is 22.6. The van der Waals surface area contributed by atoms with Crippen LogP contribution in [-0.2, 0) is 33.8 Å². The van der Waals surface area contributed by atoms with E-state index in [9.17, 15) is 75.4 Å². The molecule has 0 N–H and O–H groups in total. The Labute approximate surface area is 471 Å². The molecule has 0 bridgehead atoms. The van der Waals surface area contributed by atoms with Crippen molar-refractivity contribution in [1.29, 1.82) is 0 Å². The number of piperidine rings is 2. The van der Waals surface area contributed by atoms with E-state index in [1.807, 2.05) is 36.4 Å². The molecular formula is C54H67Cl2F15N4O6. The van der Waals surface area contributed by atoms with Crippen molar-refractivity contribution < 1.29 is 94.4 Å². The molecule has 4 fully saturated rings. The van der Waals surface area contributed by atoms with E-state index in [-0.39, 0.29) is 43.9 Å². The van der Waals surface area contributed by atoms with E-state index in [4.69, 9.17) is 27.9 Å². The standard InChI is InChI=1S/C25H33ClN2O.C21H25ClF6N2O2.C7H5F9O3.CH4/c1-24(2)18-25(19-28(24)17-21-4-8-22(26)9-5-21)12-14-27(15-13-25)16-20-6-10-23(29-3)11-7-20;1-18(2)12-19(13-30(18)11-14-3-5-15(22)6-4-14)7-9-29(10-8-19)17(31)32-16(20(23,24)25)21(26,27)28;1-2(5(8,9)10)18-4(17)19-3(6(11,12)13)7(14,15)16;/h4-11H,12-19H2,1-3H3;3-6,16H,7-13H2,1-2H3;2-3H,1H3;1H4. The number of benzene rings is 3. The maximum absolute atomic E-state index is 12.7. The van der Waals surface area contributed by atoms with Crippen molar-refractivity contribution in [3.8, 4) is 5.75 Å². The van der Waals surface area contributed by atoms with Gasteiger partial charge in [0.15, 0.2) is 6.10 Å². The Morgan fingerprint density at radius 2 is 0.864 bits per heavy atom. The second kappa shape index (κ2) is 26.5. The number of carbonyl (C=O) groups excluding carboxylic acids is 2. The summed E-state index contributed by atoms with van der Waals surface area (Å²) in [5.41, 5.74) is 4.21. The summed E-state index contributed by atoms with van der Waals surface area (Å²) in [6, 6.07) is 24.4. The number of likely N-dealkylation sites (tertiary alicyclic amines) is 4. The van der Waals surface area contributed by atoms with Crippen LogP contribution in [0.1, 0.15) is 97.3 Å². The quantitative estimate of drug-likeness (QED) is 0.146. The summed E-state index contributed by atoms with van der Waals surface area (Å²) in [7, 11) is 1.72. The van der Waals surface area contributed by atoms with Gasteiger partial charge < -0.3 is 23.8 Å². The molecule has 1 amide bonds. The summed E-state index contributed by atoms with van der Waals surface area (Å²) in [5, 5.41) is 1.46. The lowest BCUT2D eigenvalue weighted by molar-refractivity contribution is -0.313. The molecule has 10 nitrogen and oxygen atoms in total. The highest BCUT2D eigenvalue weighted by Crippen LogP contribution is 2.50. The van der Waals surface area contributed by atoms with Crippen LogP contribution in [-0.4, -0.2) is 138 Å². The van der Waals surface area contributed by atoms with Gasteiger partial charge in [0, 0.05) is 66.9 Å². The van der Waals surface area contributed by atoms with Crippen LogP contribution >= 0.6 is 23.2 Å². The van der Waals surface area contributed by atoms with Gasteiger partial charge in [-0.05, 0) is 150 Å². The SMILES string of the molecule is C.CC(OC(=O)OC(C(F)(F)F)C(F)(F)F)C(F)(F)F.CC1(C)CC2(CCN(C(=O)OC(C(F)(F)F)C(F)(F)F)CC2)CN1Cc1ccc(Cl)cc1.COc1ccc(CN2CCC3(CC2)CN(Cc2ccc(Cl)cc2)C(C)(C)C3)cc1. The van der Waals surface area contributed by atoms with Crippen molar-refractivity contribution in [3.63, 3.8) is 0 Å². The lowest BCUT2D eigenvalue weighted by atomic mass is 9.74. The molecule has 0 aromatic heterocycles. The van der Waals surface area contributed by atoms with Crippen LogP contribution < -0.4 is 4.74 Å².